The molecule has 0 bridgehead atoms. The van der Waals surface area contributed by atoms with Crippen LogP contribution in [-0.4, -0.2) is 43.8 Å². The van der Waals surface area contributed by atoms with E-state index in [0.717, 1.165) is 12.0 Å². The number of rotatable bonds is 7. The quantitative estimate of drug-likeness (QED) is 0.725. The molecule has 3 atom stereocenters. The molecule has 0 unspecified atom stereocenters. The van der Waals surface area contributed by atoms with Crippen LogP contribution in [0.5, 0.6) is 0 Å². The summed E-state index contributed by atoms with van der Waals surface area (Å²) in [5, 5.41) is 2.59. The van der Waals surface area contributed by atoms with Gasteiger partial charge in [0.25, 0.3) is 0 Å². The van der Waals surface area contributed by atoms with Crippen molar-refractivity contribution in [2.75, 3.05) is 14.2 Å². The van der Waals surface area contributed by atoms with E-state index in [9.17, 15) is 14.4 Å². The second-order valence-electron chi connectivity index (χ2n) is 7.07. The van der Waals surface area contributed by atoms with E-state index in [-0.39, 0.29) is 18.4 Å². The smallest absolute Gasteiger partial charge is 0.328 e. The number of nitrogens with one attached hydrogen (secondary N) is 1. The van der Waals surface area contributed by atoms with Gasteiger partial charge in [0.2, 0.25) is 5.91 Å². The molecule has 7 heteroatoms. The van der Waals surface area contributed by atoms with E-state index in [4.69, 9.17) is 14.5 Å². The average molecular weight is 388 g/mol. The van der Waals surface area contributed by atoms with Crippen LogP contribution in [-0.2, 0) is 23.9 Å². The lowest BCUT2D eigenvalue weighted by Gasteiger charge is -2.31. The molecular formula is C21H28N2O5. The third kappa shape index (κ3) is 4.77. The van der Waals surface area contributed by atoms with E-state index < -0.39 is 23.4 Å². The van der Waals surface area contributed by atoms with Crippen LogP contribution in [0.4, 0.5) is 0 Å². The summed E-state index contributed by atoms with van der Waals surface area (Å²) in [5.41, 5.74) is 0.682. The summed E-state index contributed by atoms with van der Waals surface area (Å²) in [6, 6.07) is 8.70. The van der Waals surface area contributed by atoms with Gasteiger partial charge in [-0.3, -0.25) is 14.6 Å². The number of carbonyl (C=O) groups excluding carboxylic acids is 3. The summed E-state index contributed by atoms with van der Waals surface area (Å²) in [6.07, 6.45) is 1.96. The maximum absolute atomic E-state index is 12.8. The highest BCUT2D eigenvalue weighted by Gasteiger charge is 2.50. The Hall–Kier alpha value is -2.70. The third-order valence-electron chi connectivity index (χ3n) is 5.19. The fourth-order valence-corrected chi connectivity index (χ4v) is 3.82. The lowest BCUT2D eigenvalue weighted by Crippen LogP contribution is -2.48. The minimum absolute atomic E-state index is 0.0618. The zero-order chi connectivity index (χ0) is 20.7. The molecule has 1 aromatic rings. The van der Waals surface area contributed by atoms with Gasteiger partial charge in [0.05, 0.1) is 20.3 Å². The van der Waals surface area contributed by atoms with Crippen LogP contribution in [0.15, 0.2) is 35.3 Å². The van der Waals surface area contributed by atoms with Crippen molar-refractivity contribution < 1.29 is 23.9 Å². The fourth-order valence-electron chi connectivity index (χ4n) is 3.82. The van der Waals surface area contributed by atoms with E-state index in [2.05, 4.69) is 5.32 Å². The SMILES string of the molecule is COC(=O)[C@H](C[C@@]1(C(=O)OC)CCCC1=N[C@H](C)c1ccccc1)NC(C)=O. The van der Waals surface area contributed by atoms with Gasteiger partial charge in [-0.25, -0.2) is 4.79 Å². The van der Waals surface area contributed by atoms with Crippen molar-refractivity contribution in [2.45, 2.75) is 51.6 Å². The zero-order valence-electron chi connectivity index (χ0n) is 16.9. The molecule has 0 aliphatic heterocycles. The predicted octanol–water partition coefficient (Wildman–Crippen LogP) is 2.60. The molecule has 1 aromatic carbocycles. The molecule has 28 heavy (non-hydrogen) atoms. The summed E-state index contributed by atoms with van der Waals surface area (Å²) < 4.78 is 9.91. The summed E-state index contributed by atoms with van der Waals surface area (Å²) >= 11 is 0. The monoisotopic (exact) mass is 388 g/mol. The average Bonchev–Trinajstić information content (AvgIpc) is 3.09. The van der Waals surface area contributed by atoms with Crippen molar-refractivity contribution in [3.63, 3.8) is 0 Å². The van der Waals surface area contributed by atoms with Crippen LogP contribution in [0.25, 0.3) is 0 Å². The van der Waals surface area contributed by atoms with Crippen molar-refractivity contribution in [1.82, 2.24) is 5.32 Å². The first-order valence-corrected chi connectivity index (χ1v) is 9.39. The molecule has 1 N–H and O–H groups in total. The van der Waals surface area contributed by atoms with Crippen LogP contribution in [0.2, 0.25) is 0 Å². The number of aliphatic imine (C=N–C) groups is 1. The van der Waals surface area contributed by atoms with E-state index in [0.29, 0.717) is 18.6 Å². The van der Waals surface area contributed by atoms with E-state index >= 15 is 0 Å². The van der Waals surface area contributed by atoms with Crippen molar-refractivity contribution in [1.29, 1.82) is 0 Å². The van der Waals surface area contributed by atoms with Gasteiger partial charge in [-0.2, -0.15) is 0 Å². The Balaban J connectivity index is 2.41. The summed E-state index contributed by atoms with van der Waals surface area (Å²) in [4.78, 5) is 41.4. The Morgan fingerprint density at radius 2 is 1.86 bits per heavy atom. The highest BCUT2D eigenvalue weighted by molar-refractivity contribution is 6.08. The van der Waals surface area contributed by atoms with Crippen LogP contribution in [0, 0.1) is 5.41 Å². The first-order chi connectivity index (χ1) is 13.3. The van der Waals surface area contributed by atoms with Gasteiger partial charge in [-0.15, -0.1) is 0 Å². The molecule has 0 aromatic heterocycles. The normalized spacial score (nSPS) is 22.4. The largest absolute Gasteiger partial charge is 0.468 e. The molecule has 1 saturated carbocycles. The molecule has 0 heterocycles. The molecule has 2 rings (SSSR count). The molecule has 0 saturated heterocycles. The van der Waals surface area contributed by atoms with Gasteiger partial charge in [0.1, 0.15) is 11.5 Å². The number of ether oxygens (including phenoxy) is 2. The van der Waals surface area contributed by atoms with Crippen LogP contribution in [0.1, 0.15) is 51.1 Å². The van der Waals surface area contributed by atoms with Crippen molar-refractivity contribution in [2.24, 2.45) is 10.4 Å². The molecule has 1 fully saturated rings. The van der Waals surface area contributed by atoms with Gasteiger partial charge in [0.15, 0.2) is 0 Å². The zero-order valence-corrected chi connectivity index (χ0v) is 16.9. The maximum atomic E-state index is 12.8. The Morgan fingerprint density at radius 3 is 2.43 bits per heavy atom. The Morgan fingerprint density at radius 1 is 1.18 bits per heavy atom. The van der Waals surface area contributed by atoms with Gasteiger partial charge < -0.3 is 14.8 Å². The van der Waals surface area contributed by atoms with E-state index in [1.54, 1.807) is 0 Å². The Labute approximate surface area is 165 Å². The van der Waals surface area contributed by atoms with Gasteiger partial charge in [0, 0.05) is 12.6 Å². The highest BCUT2D eigenvalue weighted by Crippen LogP contribution is 2.42. The number of amides is 1. The number of hydrogen-bond donors (Lipinski definition) is 1. The molecule has 152 valence electrons. The van der Waals surface area contributed by atoms with Crippen LogP contribution in [0.3, 0.4) is 0 Å². The second kappa shape index (κ2) is 9.48. The number of benzene rings is 1. The minimum Gasteiger partial charge on any atom is -0.468 e. The number of carbonyl (C=O) groups is 3. The minimum atomic E-state index is -1.06. The van der Waals surface area contributed by atoms with E-state index in [1.807, 2.05) is 37.3 Å². The van der Waals surface area contributed by atoms with E-state index in [1.165, 1.54) is 21.1 Å². The molecule has 1 aliphatic carbocycles. The van der Waals surface area contributed by atoms with Crippen molar-refractivity contribution >= 4 is 23.6 Å². The number of hydrogen-bond acceptors (Lipinski definition) is 6. The summed E-state index contributed by atoms with van der Waals surface area (Å²) in [7, 11) is 2.58. The van der Waals surface area contributed by atoms with Crippen molar-refractivity contribution in [3.05, 3.63) is 35.9 Å². The molecule has 1 aliphatic rings. The van der Waals surface area contributed by atoms with Crippen LogP contribution < -0.4 is 5.32 Å². The Bertz CT molecular complexity index is 746. The first kappa shape index (κ1) is 21.6. The summed E-state index contributed by atoms with van der Waals surface area (Å²) in [5.74, 6) is -1.41. The molecule has 0 radical (unpaired) electrons. The predicted molar refractivity (Wildman–Crippen MR) is 105 cm³/mol. The van der Waals surface area contributed by atoms with Gasteiger partial charge >= 0.3 is 11.9 Å². The lowest BCUT2D eigenvalue weighted by molar-refractivity contribution is -0.152. The molecular weight excluding hydrogens is 360 g/mol. The number of esters is 2. The van der Waals surface area contributed by atoms with Gasteiger partial charge in [-0.1, -0.05) is 30.3 Å². The van der Waals surface area contributed by atoms with Gasteiger partial charge in [-0.05, 0) is 38.2 Å². The Kier molecular flexibility index (Phi) is 7.31. The number of nitrogens with zero attached hydrogens (tertiary/aromatic N) is 1. The topological polar surface area (TPSA) is 94.1 Å². The molecule has 7 nitrogen and oxygen atoms in total. The lowest BCUT2D eigenvalue weighted by atomic mass is 9.78. The molecule has 0 spiro atoms. The standard InChI is InChI=1S/C21H28N2O5/c1-14(16-9-6-5-7-10-16)22-18-11-8-12-21(18,20(26)28-4)13-17(19(25)27-3)23-15(2)24/h5-7,9-10,14,17H,8,11-13H2,1-4H3,(H,23,24)/t14-,17+,21+/m1/s1. The maximum Gasteiger partial charge on any atom is 0.328 e. The first-order valence-electron chi connectivity index (χ1n) is 9.39. The van der Waals surface area contributed by atoms with Crippen molar-refractivity contribution in [3.8, 4) is 0 Å². The fraction of sp³-hybridized carbons (Fsp3) is 0.524. The number of methoxy groups -OCH3 is 2. The molecule has 1 amide bonds. The second-order valence-corrected chi connectivity index (χ2v) is 7.07. The van der Waals surface area contributed by atoms with Crippen LogP contribution >= 0.6 is 0 Å². The third-order valence-corrected chi connectivity index (χ3v) is 5.19. The highest BCUT2D eigenvalue weighted by atomic mass is 16.5. The summed E-state index contributed by atoms with van der Waals surface area (Å²) in [6.45, 7) is 3.29.